The number of anilines is 1. The zero-order valence-corrected chi connectivity index (χ0v) is 20.4. The Hall–Kier alpha value is -3.02. The quantitative estimate of drug-likeness (QED) is 0.342. The van der Waals surface area contributed by atoms with Gasteiger partial charge in [-0.2, -0.15) is 0 Å². The number of aryl methyl sites for hydroxylation is 1. The maximum Gasteiger partial charge on any atom is 0.251 e. The first kappa shape index (κ1) is 22.8. The number of fused-ring (bicyclic) bond motifs is 3. The number of hydrogen-bond acceptors (Lipinski definition) is 3. The van der Waals surface area contributed by atoms with Crippen molar-refractivity contribution in [2.45, 2.75) is 19.8 Å². The lowest BCUT2D eigenvalue weighted by molar-refractivity contribution is 0.0952. The summed E-state index contributed by atoms with van der Waals surface area (Å²) < 4.78 is 0. The van der Waals surface area contributed by atoms with Crippen LogP contribution in [0.15, 0.2) is 60.7 Å². The van der Waals surface area contributed by atoms with Crippen LogP contribution in [0.5, 0.6) is 0 Å². The molecule has 0 saturated carbocycles. The maximum absolute atomic E-state index is 12.7. The lowest BCUT2D eigenvalue weighted by Gasteiger charge is -2.36. The summed E-state index contributed by atoms with van der Waals surface area (Å²) in [6, 6.07) is 20.3. The van der Waals surface area contributed by atoms with Crippen LogP contribution in [0.25, 0.3) is 21.8 Å². The van der Waals surface area contributed by atoms with E-state index >= 15 is 0 Å². The van der Waals surface area contributed by atoms with E-state index < -0.39 is 0 Å². The first-order chi connectivity index (χ1) is 16.6. The zero-order chi connectivity index (χ0) is 23.5. The molecular weight excluding hydrogens is 444 g/mol. The number of H-pyrrole nitrogens is 1. The molecule has 0 bridgehead atoms. The molecule has 0 atom stereocenters. The minimum atomic E-state index is -0.00386. The Bertz CT molecular complexity index is 1310. The van der Waals surface area contributed by atoms with Crippen molar-refractivity contribution in [3.63, 3.8) is 0 Å². The maximum atomic E-state index is 12.7. The van der Waals surface area contributed by atoms with Crippen molar-refractivity contribution in [3.05, 3.63) is 76.8 Å². The molecule has 34 heavy (non-hydrogen) atoms. The summed E-state index contributed by atoms with van der Waals surface area (Å²) in [7, 11) is 0. The molecule has 1 saturated heterocycles. The number of nitrogens with one attached hydrogen (secondary N) is 2. The summed E-state index contributed by atoms with van der Waals surface area (Å²) in [5.41, 5.74) is 5.14. The van der Waals surface area contributed by atoms with Crippen LogP contribution in [-0.4, -0.2) is 55.1 Å². The summed E-state index contributed by atoms with van der Waals surface area (Å²) in [6.45, 7) is 7.90. The fourth-order valence-electron chi connectivity index (χ4n) is 4.84. The van der Waals surface area contributed by atoms with E-state index in [1.165, 1.54) is 0 Å². The SMILES string of the molecule is Cc1cccc(N2CCN(CCCCNC(=O)c3ccc4[nH]c5ccccc5c4c3)CC2)c1Cl. The van der Waals surface area contributed by atoms with Gasteiger partial charge in [0.25, 0.3) is 5.91 Å². The van der Waals surface area contributed by atoms with Gasteiger partial charge in [-0.1, -0.05) is 41.9 Å². The highest BCUT2D eigenvalue weighted by Gasteiger charge is 2.19. The van der Waals surface area contributed by atoms with Gasteiger partial charge in [-0.25, -0.2) is 0 Å². The second-order valence-corrected chi connectivity index (χ2v) is 9.51. The topological polar surface area (TPSA) is 51.4 Å². The highest BCUT2D eigenvalue weighted by Crippen LogP contribution is 2.29. The number of nitrogens with zero attached hydrogens (tertiary/aromatic N) is 2. The molecule has 3 aromatic carbocycles. The van der Waals surface area contributed by atoms with Gasteiger partial charge < -0.3 is 15.2 Å². The van der Waals surface area contributed by atoms with Gasteiger partial charge in [0.15, 0.2) is 0 Å². The number of para-hydroxylation sites is 1. The standard InChI is InChI=1S/C28H31ClN4O/c1-20-7-6-10-26(27(20)29)33-17-15-32(16-18-33)14-5-4-13-30-28(34)21-11-12-25-23(19-21)22-8-2-3-9-24(22)31-25/h2-3,6-12,19,31H,4-5,13-18H2,1H3,(H,30,34). The van der Waals surface area contributed by atoms with Crippen molar-refractivity contribution in [2.75, 3.05) is 44.2 Å². The molecule has 4 aromatic rings. The summed E-state index contributed by atoms with van der Waals surface area (Å²) in [4.78, 5) is 21.0. The Morgan fingerprint density at radius 2 is 1.74 bits per heavy atom. The zero-order valence-electron chi connectivity index (χ0n) is 19.6. The van der Waals surface area contributed by atoms with Gasteiger partial charge in [-0.15, -0.1) is 0 Å². The Morgan fingerprint density at radius 3 is 2.59 bits per heavy atom. The van der Waals surface area contributed by atoms with Gasteiger partial charge in [0, 0.05) is 60.1 Å². The third-order valence-electron chi connectivity index (χ3n) is 6.84. The van der Waals surface area contributed by atoms with Gasteiger partial charge in [-0.3, -0.25) is 9.69 Å². The van der Waals surface area contributed by atoms with Gasteiger partial charge in [0.05, 0.1) is 10.7 Å². The first-order valence-corrected chi connectivity index (χ1v) is 12.5. The monoisotopic (exact) mass is 474 g/mol. The third kappa shape index (κ3) is 4.77. The number of halogens is 1. The van der Waals surface area contributed by atoms with Gasteiger partial charge in [0.1, 0.15) is 0 Å². The third-order valence-corrected chi connectivity index (χ3v) is 7.33. The van der Waals surface area contributed by atoms with Crippen molar-refractivity contribution >= 4 is 45.0 Å². The van der Waals surface area contributed by atoms with Crippen LogP contribution in [0.3, 0.4) is 0 Å². The van der Waals surface area contributed by atoms with E-state index in [1.807, 2.05) is 30.3 Å². The largest absolute Gasteiger partial charge is 0.368 e. The molecular formula is C28H31ClN4O. The average molecular weight is 475 g/mol. The van der Waals surface area contributed by atoms with E-state index in [9.17, 15) is 4.79 Å². The van der Waals surface area contributed by atoms with E-state index in [0.29, 0.717) is 12.1 Å². The fourth-order valence-corrected chi connectivity index (χ4v) is 5.09. The average Bonchev–Trinajstić information content (AvgIpc) is 3.24. The summed E-state index contributed by atoms with van der Waals surface area (Å²) in [5.74, 6) is -0.00386. The minimum absolute atomic E-state index is 0.00386. The Morgan fingerprint density at radius 1 is 0.941 bits per heavy atom. The summed E-state index contributed by atoms with van der Waals surface area (Å²) >= 11 is 6.51. The molecule has 0 aliphatic carbocycles. The highest BCUT2D eigenvalue weighted by atomic mass is 35.5. The van der Waals surface area contributed by atoms with E-state index in [0.717, 1.165) is 83.6 Å². The number of aromatic amines is 1. The lowest BCUT2D eigenvalue weighted by atomic mass is 10.1. The molecule has 1 aliphatic rings. The van der Waals surface area contributed by atoms with Crippen LogP contribution in [0.4, 0.5) is 5.69 Å². The fraction of sp³-hybridized carbons (Fsp3) is 0.321. The van der Waals surface area contributed by atoms with Gasteiger partial charge in [0.2, 0.25) is 0 Å². The Balaban J connectivity index is 1.06. The molecule has 2 N–H and O–H groups in total. The van der Waals surface area contributed by atoms with Crippen molar-refractivity contribution in [1.82, 2.24) is 15.2 Å². The predicted molar refractivity (Wildman–Crippen MR) is 142 cm³/mol. The van der Waals surface area contributed by atoms with Crippen LogP contribution in [-0.2, 0) is 0 Å². The summed E-state index contributed by atoms with van der Waals surface area (Å²) in [5, 5.41) is 6.20. The lowest BCUT2D eigenvalue weighted by Crippen LogP contribution is -2.46. The van der Waals surface area contributed by atoms with Crippen LogP contribution in [0.1, 0.15) is 28.8 Å². The predicted octanol–water partition coefficient (Wildman–Crippen LogP) is 5.62. The van der Waals surface area contributed by atoms with E-state index in [4.69, 9.17) is 11.6 Å². The molecule has 1 fully saturated rings. The Kier molecular flexibility index (Phi) is 6.75. The number of unbranched alkanes of at least 4 members (excludes halogenated alkanes) is 1. The number of benzene rings is 3. The number of aromatic nitrogens is 1. The number of carbonyl (C=O) groups excluding carboxylic acids is 1. The number of rotatable bonds is 7. The normalized spacial score (nSPS) is 14.7. The highest BCUT2D eigenvalue weighted by molar-refractivity contribution is 6.34. The summed E-state index contributed by atoms with van der Waals surface area (Å²) in [6.07, 6.45) is 2.05. The second kappa shape index (κ2) is 10.1. The van der Waals surface area contributed by atoms with Crippen LogP contribution >= 0.6 is 11.6 Å². The molecule has 0 radical (unpaired) electrons. The van der Waals surface area contributed by atoms with E-state index in [1.54, 1.807) is 0 Å². The van der Waals surface area contributed by atoms with Crippen molar-refractivity contribution < 1.29 is 4.79 Å². The van der Waals surface area contributed by atoms with Crippen LogP contribution < -0.4 is 10.2 Å². The minimum Gasteiger partial charge on any atom is -0.368 e. The molecule has 1 amide bonds. The Labute approximate surface area is 205 Å². The van der Waals surface area contributed by atoms with Gasteiger partial charge in [-0.05, 0) is 62.2 Å². The van der Waals surface area contributed by atoms with Crippen LogP contribution in [0, 0.1) is 6.92 Å². The molecule has 5 nitrogen and oxygen atoms in total. The van der Waals surface area contributed by atoms with E-state index in [2.05, 4.69) is 57.4 Å². The smallest absolute Gasteiger partial charge is 0.251 e. The number of carbonyl (C=O) groups is 1. The van der Waals surface area contributed by atoms with Crippen molar-refractivity contribution in [2.24, 2.45) is 0 Å². The molecule has 6 heteroatoms. The van der Waals surface area contributed by atoms with Gasteiger partial charge >= 0.3 is 0 Å². The molecule has 176 valence electrons. The second-order valence-electron chi connectivity index (χ2n) is 9.13. The molecule has 2 heterocycles. The van der Waals surface area contributed by atoms with Crippen molar-refractivity contribution in [1.29, 1.82) is 0 Å². The number of amides is 1. The molecule has 5 rings (SSSR count). The molecule has 0 spiro atoms. The molecule has 1 aliphatic heterocycles. The van der Waals surface area contributed by atoms with Crippen LogP contribution in [0.2, 0.25) is 5.02 Å². The van der Waals surface area contributed by atoms with Crippen molar-refractivity contribution in [3.8, 4) is 0 Å². The molecule has 1 aromatic heterocycles. The van der Waals surface area contributed by atoms with E-state index in [-0.39, 0.29) is 5.91 Å². The number of piperazine rings is 1. The first-order valence-electron chi connectivity index (χ1n) is 12.1. The molecule has 0 unspecified atom stereocenters. The number of hydrogen-bond donors (Lipinski definition) is 2.